The minimum Gasteiger partial charge on any atom is -0.375 e. The summed E-state index contributed by atoms with van der Waals surface area (Å²) in [6, 6.07) is 22.2. The van der Waals surface area contributed by atoms with Crippen molar-refractivity contribution in [2.24, 2.45) is 17.8 Å². The summed E-state index contributed by atoms with van der Waals surface area (Å²) in [5.41, 5.74) is 1.43. The highest BCUT2D eigenvalue weighted by Crippen LogP contribution is 2.47. The van der Waals surface area contributed by atoms with E-state index in [0.717, 1.165) is 62.1 Å². The molecule has 3 aromatic rings. The predicted molar refractivity (Wildman–Crippen MR) is 128 cm³/mol. The first-order valence-corrected chi connectivity index (χ1v) is 12.3. The number of carbonyl (C=O) groups is 1. The fraction of sp³-hybridized carbons (Fsp3) is 0.429. The van der Waals surface area contributed by atoms with Gasteiger partial charge in [0, 0.05) is 37.0 Å². The average molecular weight is 442 g/mol. The molecule has 33 heavy (non-hydrogen) atoms. The third-order valence-electron chi connectivity index (χ3n) is 8.12. The van der Waals surface area contributed by atoms with Gasteiger partial charge in [-0.05, 0) is 42.4 Å². The molecule has 6 rings (SSSR count). The number of amides is 1. The number of pyridine rings is 1. The van der Waals surface area contributed by atoms with Crippen LogP contribution in [0.1, 0.15) is 36.9 Å². The van der Waals surface area contributed by atoms with Crippen LogP contribution < -0.4 is 5.32 Å². The van der Waals surface area contributed by atoms with E-state index in [9.17, 15) is 9.90 Å². The Balaban J connectivity index is 1.10. The lowest BCUT2D eigenvalue weighted by molar-refractivity contribution is -0.147. The summed E-state index contributed by atoms with van der Waals surface area (Å²) in [5, 5.41) is 16.1. The number of aromatic nitrogens is 1. The molecule has 1 saturated heterocycles. The van der Waals surface area contributed by atoms with E-state index in [0.29, 0.717) is 11.8 Å². The molecular weight excluding hydrogens is 410 g/mol. The number of hydrogen-bond donors (Lipinski definition) is 2. The van der Waals surface area contributed by atoms with Gasteiger partial charge in [-0.15, -0.1) is 0 Å². The van der Waals surface area contributed by atoms with Crippen LogP contribution in [0.2, 0.25) is 0 Å². The molecule has 2 unspecified atom stereocenters. The van der Waals surface area contributed by atoms with E-state index >= 15 is 0 Å². The fourth-order valence-electron chi connectivity index (χ4n) is 6.23. The lowest BCUT2D eigenvalue weighted by Crippen LogP contribution is -2.50. The van der Waals surface area contributed by atoms with E-state index in [1.54, 1.807) is 0 Å². The minimum atomic E-state index is -1.43. The van der Waals surface area contributed by atoms with Gasteiger partial charge in [0.15, 0.2) is 5.60 Å². The van der Waals surface area contributed by atoms with Crippen molar-refractivity contribution in [2.45, 2.75) is 43.9 Å². The largest absolute Gasteiger partial charge is 0.375 e. The molecule has 3 fully saturated rings. The van der Waals surface area contributed by atoms with Crippen molar-refractivity contribution in [3.63, 3.8) is 0 Å². The number of carbonyl (C=O) groups excluding carboxylic acids is 1. The molecule has 2 heterocycles. The van der Waals surface area contributed by atoms with Gasteiger partial charge in [-0.25, -0.2) is 0 Å². The number of para-hydroxylation sites is 1. The fourth-order valence-corrected chi connectivity index (χ4v) is 6.23. The third kappa shape index (κ3) is 3.73. The van der Waals surface area contributed by atoms with Crippen LogP contribution in [0.25, 0.3) is 10.9 Å². The molecule has 3 aliphatic rings. The minimum absolute atomic E-state index is 0.00559. The van der Waals surface area contributed by atoms with E-state index in [4.69, 9.17) is 4.98 Å². The van der Waals surface area contributed by atoms with Gasteiger partial charge in [0.05, 0.1) is 11.2 Å². The normalized spacial score (nSPS) is 26.8. The smallest absolute Gasteiger partial charge is 0.257 e. The first kappa shape index (κ1) is 20.8. The molecule has 2 aromatic carbocycles. The number of nitrogens with one attached hydrogen (secondary N) is 1. The Morgan fingerprint density at radius 2 is 1.67 bits per heavy atom. The summed E-state index contributed by atoms with van der Waals surface area (Å²) in [5.74, 6) is 0.729. The number of aliphatic hydroxyl groups is 1. The monoisotopic (exact) mass is 441 g/mol. The topological polar surface area (TPSA) is 65.5 Å². The Bertz CT molecular complexity index is 1150. The molecule has 2 aliphatic carbocycles. The average Bonchev–Trinajstić information content (AvgIpc) is 3.26. The van der Waals surface area contributed by atoms with Crippen LogP contribution in [-0.4, -0.2) is 40.0 Å². The van der Waals surface area contributed by atoms with Gasteiger partial charge in [0.1, 0.15) is 0 Å². The molecule has 4 atom stereocenters. The van der Waals surface area contributed by atoms with Crippen molar-refractivity contribution in [3.05, 3.63) is 78.0 Å². The number of nitrogens with zero attached hydrogens (tertiary/aromatic N) is 2. The third-order valence-corrected chi connectivity index (χ3v) is 8.12. The van der Waals surface area contributed by atoms with E-state index in [1.807, 2.05) is 42.5 Å². The number of fused-ring (bicyclic) bond motifs is 2. The van der Waals surface area contributed by atoms with Gasteiger partial charge in [-0.3, -0.25) is 14.7 Å². The lowest BCUT2D eigenvalue weighted by Gasteiger charge is -2.33. The Labute approximate surface area is 194 Å². The van der Waals surface area contributed by atoms with Crippen LogP contribution in [0.3, 0.4) is 0 Å². The number of piperidine rings is 1. The molecule has 1 aromatic heterocycles. The maximum absolute atomic E-state index is 13.4. The quantitative estimate of drug-likeness (QED) is 0.610. The van der Waals surface area contributed by atoms with Crippen LogP contribution in [0, 0.1) is 17.8 Å². The summed E-state index contributed by atoms with van der Waals surface area (Å²) < 4.78 is 0. The van der Waals surface area contributed by atoms with E-state index in [-0.39, 0.29) is 17.9 Å². The summed E-state index contributed by atoms with van der Waals surface area (Å²) in [4.78, 5) is 20.7. The van der Waals surface area contributed by atoms with Crippen LogP contribution in [0.5, 0.6) is 0 Å². The zero-order chi connectivity index (χ0) is 22.4. The van der Waals surface area contributed by atoms with Gasteiger partial charge in [0.2, 0.25) is 0 Å². The number of hydrogen-bond acceptors (Lipinski definition) is 4. The van der Waals surface area contributed by atoms with Crippen molar-refractivity contribution in [3.8, 4) is 0 Å². The molecule has 2 saturated carbocycles. The van der Waals surface area contributed by atoms with Crippen molar-refractivity contribution >= 4 is 16.8 Å². The van der Waals surface area contributed by atoms with E-state index in [1.165, 1.54) is 5.39 Å². The number of rotatable bonds is 6. The van der Waals surface area contributed by atoms with Gasteiger partial charge >= 0.3 is 0 Å². The molecule has 2 N–H and O–H groups in total. The molecule has 5 heteroatoms. The summed E-state index contributed by atoms with van der Waals surface area (Å²) in [7, 11) is 0. The zero-order valence-electron chi connectivity index (χ0n) is 18.9. The lowest BCUT2D eigenvalue weighted by atomic mass is 9.79. The Morgan fingerprint density at radius 3 is 2.42 bits per heavy atom. The van der Waals surface area contributed by atoms with Crippen LogP contribution in [0.15, 0.2) is 66.7 Å². The van der Waals surface area contributed by atoms with Gasteiger partial charge < -0.3 is 10.4 Å². The van der Waals surface area contributed by atoms with Crippen LogP contribution >= 0.6 is 0 Å². The maximum Gasteiger partial charge on any atom is 0.257 e. The Kier molecular flexibility index (Phi) is 5.19. The highest BCUT2D eigenvalue weighted by molar-refractivity contribution is 5.87. The molecule has 0 bridgehead atoms. The molecule has 1 aliphatic heterocycles. The molecule has 0 spiro atoms. The molecule has 5 nitrogen and oxygen atoms in total. The standard InChI is InChI=1S/C28H31N3O2/c32-27(28(33,21-11-5-6-12-21)20-9-2-1-3-10-20)30-26-23-17-31(18-24(23)26)16-22-15-14-19-8-4-7-13-25(19)29-22/h1-4,7-10,13-15,21,23-24,26,33H,5-6,11-12,16-18H2,(H,30,32)/t23-,24+,26?,28?. The molecular formula is C28H31N3O2. The maximum atomic E-state index is 13.4. The summed E-state index contributed by atoms with van der Waals surface area (Å²) in [6.45, 7) is 2.78. The summed E-state index contributed by atoms with van der Waals surface area (Å²) >= 11 is 0. The Morgan fingerprint density at radius 1 is 0.970 bits per heavy atom. The molecule has 170 valence electrons. The van der Waals surface area contributed by atoms with E-state index < -0.39 is 5.60 Å². The second-order valence-electron chi connectivity index (χ2n) is 10.1. The second-order valence-corrected chi connectivity index (χ2v) is 10.1. The van der Waals surface area contributed by atoms with Crippen molar-refractivity contribution < 1.29 is 9.90 Å². The summed E-state index contributed by atoms with van der Waals surface area (Å²) in [6.07, 6.45) is 3.98. The van der Waals surface area contributed by atoms with Gasteiger partial charge in [-0.2, -0.15) is 0 Å². The molecule has 0 radical (unpaired) electrons. The first-order valence-electron chi connectivity index (χ1n) is 12.3. The first-order chi connectivity index (χ1) is 16.1. The number of benzene rings is 2. The zero-order valence-corrected chi connectivity index (χ0v) is 18.9. The SMILES string of the molecule is O=C(NC1[C@H]2CN(Cc3ccc4ccccc4n3)C[C@@H]12)C(O)(c1ccccc1)C1CCCC1. The Hall–Kier alpha value is -2.76. The van der Waals surface area contributed by atoms with Crippen LogP contribution in [0.4, 0.5) is 0 Å². The highest BCUT2D eigenvalue weighted by atomic mass is 16.3. The van der Waals surface area contributed by atoms with Crippen molar-refractivity contribution in [2.75, 3.05) is 13.1 Å². The van der Waals surface area contributed by atoms with Gasteiger partial charge in [-0.1, -0.05) is 67.4 Å². The van der Waals surface area contributed by atoms with Crippen molar-refractivity contribution in [1.29, 1.82) is 0 Å². The van der Waals surface area contributed by atoms with E-state index in [2.05, 4.69) is 34.5 Å². The predicted octanol–water partition coefficient (Wildman–Crippen LogP) is 3.86. The molecule has 1 amide bonds. The van der Waals surface area contributed by atoms with Crippen LogP contribution in [-0.2, 0) is 16.9 Å². The van der Waals surface area contributed by atoms with Crippen molar-refractivity contribution in [1.82, 2.24) is 15.2 Å². The number of likely N-dealkylation sites (tertiary alicyclic amines) is 1. The second kappa shape index (κ2) is 8.23. The highest BCUT2D eigenvalue weighted by Gasteiger charge is 2.58. The van der Waals surface area contributed by atoms with Gasteiger partial charge in [0.25, 0.3) is 5.91 Å².